The van der Waals surface area contributed by atoms with Gasteiger partial charge in [0.15, 0.2) is 11.6 Å². The lowest BCUT2D eigenvalue weighted by atomic mass is 9.85. The van der Waals surface area contributed by atoms with Crippen LogP contribution in [0.4, 0.5) is 18.0 Å². The fourth-order valence-electron chi connectivity index (χ4n) is 5.04. The Bertz CT molecular complexity index is 1260. The van der Waals surface area contributed by atoms with Gasteiger partial charge in [-0.1, -0.05) is 20.8 Å². The first-order valence-corrected chi connectivity index (χ1v) is 12.6. The summed E-state index contributed by atoms with van der Waals surface area (Å²) < 4.78 is 43.4. The predicted octanol–water partition coefficient (Wildman–Crippen LogP) is 2.65. The van der Waals surface area contributed by atoms with Crippen LogP contribution in [0.5, 0.6) is 0 Å². The summed E-state index contributed by atoms with van der Waals surface area (Å²) in [6.45, 7) is 7.08. The van der Waals surface area contributed by atoms with Crippen LogP contribution < -0.4 is 11.1 Å². The van der Waals surface area contributed by atoms with Gasteiger partial charge in [-0.2, -0.15) is 9.78 Å². The maximum atomic E-state index is 14.7. The molecule has 2 aromatic rings. The summed E-state index contributed by atoms with van der Waals surface area (Å²) in [6.07, 6.45) is 1.32. The molecule has 1 aromatic heterocycles. The highest BCUT2D eigenvalue weighted by Gasteiger charge is 2.39. The molecule has 1 atom stereocenters. The minimum atomic E-state index is -1.32. The van der Waals surface area contributed by atoms with E-state index in [0.717, 1.165) is 10.7 Å². The first-order valence-electron chi connectivity index (χ1n) is 12.6. The normalized spacial score (nSPS) is 17.7. The van der Waals surface area contributed by atoms with Gasteiger partial charge < -0.3 is 20.9 Å². The number of halogens is 3. The number of nitrogens with two attached hydrogens (primary N) is 1. The average molecular weight is 535 g/mol. The van der Waals surface area contributed by atoms with E-state index in [2.05, 4.69) is 10.4 Å². The van der Waals surface area contributed by atoms with Crippen LogP contribution in [-0.2, 0) is 22.6 Å². The number of aromatic nitrogens is 2. The number of hydrogen-bond acceptors (Lipinski definition) is 5. The minimum Gasteiger partial charge on any atom is -0.369 e. The molecule has 0 saturated carbocycles. The second kappa shape index (κ2) is 10.4. The molecule has 9 nitrogen and oxygen atoms in total. The SMILES string of the molecule is CN1CCc2c(c(-c3cc(F)c(F)cc3F)nn2C(=O)NC(C(=O)N2CCC(C(N)=O)CC2)C(C)(C)C)C1. The molecule has 0 radical (unpaired) electrons. The fraction of sp³-hybridized carbons (Fsp3) is 0.538. The molecule has 3 N–H and O–H groups in total. The van der Waals surface area contributed by atoms with Crippen LogP contribution in [0.3, 0.4) is 0 Å². The molecule has 1 aromatic carbocycles. The molecule has 0 bridgehead atoms. The van der Waals surface area contributed by atoms with E-state index in [0.29, 0.717) is 62.8 Å². The van der Waals surface area contributed by atoms with Crippen molar-refractivity contribution in [3.8, 4) is 11.3 Å². The van der Waals surface area contributed by atoms with Gasteiger partial charge in [-0.05, 0) is 31.4 Å². The van der Waals surface area contributed by atoms with Crippen LogP contribution in [-0.4, -0.2) is 70.1 Å². The molecule has 3 amide bonds. The number of likely N-dealkylation sites (N-methyl/N-ethyl adjacent to an activating group) is 1. The summed E-state index contributed by atoms with van der Waals surface area (Å²) in [5.74, 6) is -4.50. The lowest BCUT2D eigenvalue weighted by Gasteiger charge is -2.37. The van der Waals surface area contributed by atoms with Gasteiger partial charge in [0, 0.05) is 55.7 Å². The largest absolute Gasteiger partial charge is 0.369 e. The van der Waals surface area contributed by atoms with Gasteiger partial charge >= 0.3 is 6.03 Å². The molecule has 2 aliphatic heterocycles. The number of rotatable bonds is 4. The number of carbonyl (C=O) groups is 3. The van der Waals surface area contributed by atoms with E-state index in [1.165, 1.54) is 0 Å². The van der Waals surface area contributed by atoms with Crippen molar-refractivity contribution in [1.82, 2.24) is 24.9 Å². The number of nitrogens with zero attached hydrogens (tertiary/aromatic N) is 4. The van der Waals surface area contributed by atoms with Crippen molar-refractivity contribution in [1.29, 1.82) is 0 Å². The lowest BCUT2D eigenvalue weighted by molar-refractivity contribution is -0.138. The van der Waals surface area contributed by atoms with E-state index in [4.69, 9.17) is 5.73 Å². The molecular formula is C26H33F3N6O3. The van der Waals surface area contributed by atoms with Crippen LogP contribution in [0.25, 0.3) is 11.3 Å². The molecule has 38 heavy (non-hydrogen) atoms. The van der Waals surface area contributed by atoms with Crippen molar-refractivity contribution in [3.05, 3.63) is 40.8 Å². The van der Waals surface area contributed by atoms with Gasteiger partial charge in [0.05, 0.1) is 5.69 Å². The zero-order valence-corrected chi connectivity index (χ0v) is 22.0. The average Bonchev–Trinajstić information content (AvgIpc) is 3.22. The van der Waals surface area contributed by atoms with Crippen LogP contribution in [0.1, 0.15) is 44.9 Å². The van der Waals surface area contributed by atoms with Crippen molar-refractivity contribution >= 4 is 17.8 Å². The zero-order valence-electron chi connectivity index (χ0n) is 22.0. The zero-order chi connectivity index (χ0) is 27.9. The van der Waals surface area contributed by atoms with E-state index in [1.807, 2.05) is 32.7 Å². The smallest absolute Gasteiger partial charge is 0.343 e. The highest BCUT2D eigenvalue weighted by molar-refractivity contribution is 5.89. The van der Waals surface area contributed by atoms with Gasteiger partial charge in [0.25, 0.3) is 0 Å². The molecule has 206 valence electrons. The molecule has 4 rings (SSSR count). The van der Waals surface area contributed by atoms with Crippen LogP contribution >= 0.6 is 0 Å². The highest BCUT2D eigenvalue weighted by Crippen LogP contribution is 2.33. The molecule has 1 saturated heterocycles. The maximum Gasteiger partial charge on any atom is 0.343 e. The summed E-state index contributed by atoms with van der Waals surface area (Å²) in [4.78, 5) is 42.1. The standard InChI is InChI=1S/C26H33F3N6O3/c1-26(2,3)22(24(37)34-9-5-14(6-10-34)23(30)36)31-25(38)35-20-7-8-33(4)13-16(20)21(32-35)15-11-18(28)19(29)12-17(15)27/h11-12,14,22H,5-10,13H2,1-4H3,(H2,30,36)(H,31,38). The topological polar surface area (TPSA) is 114 Å². The Balaban J connectivity index is 1.65. The molecule has 0 spiro atoms. The number of hydrogen-bond donors (Lipinski definition) is 2. The number of nitrogens with one attached hydrogen (secondary N) is 1. The summed E-state index contributed by atoms with van der Waals surface area (Å²) in [7, 11) is 1.85. The number of likely N-dealkylation sites (tertiary alicyclic amines) is 1. The van der Waals surface area contributed by atoms with E-state index in [1.54, 1.807) is 4.90 Å². The Kier molecular flexibility index (Phi) is 7.55. The Hall–Kier alpha value is -3.41. The molecule has 2 aliphatic rings. The third kappa shape index (κ3) is 5.40. The third-order valence-corrected chi connectivity index (χ3v) is 7.30. The van der Waals surface area contributed by atoms with Gasteiger partial charge in [-0.15, -0.1) is 0 Å². The van der Waals surface area contributed by atoms with Crippen LogP contribution in [0.2, 0.25) is 0 Å². The molecule has 12 heteroatoms. The molecule has 1 unspecified atom stereocenters. The van der Waals surface area contributed by atoms with Crippen molar-refractivity contribution in [2.45, 2.75) is 52.6 Å². The number of carbonyl (C=O) groups excluding carboxylic acids is 3. The van der Waals surface area contributed by atoms with Crippen molar-refractivity contribution in [2.75, 3.05) is 26.7 Å². The molecule has 0 aliphatic carbocycles. The Morgan fingerprint density at radius 1 is 1.05 bits per heavy atom. The fourth-order valence-corrected chi connectivity index (χ4v) is 5.04. The van der Waals surface area contributed by atoms with Crippen molar-refractivity contribution in [3.63, 3.8) is 0 Å². The number of fused-ring (bicyclic) bond motifs is 1. The van der Waals surface area contributed by atoms with E-state index < -0.39 is 34.9 Å². The molecule has 3 heterocycles. The van der Waals surface area contributed by atoms with E-state index in [-0.39, 0.29) is 29.0 Å². The van der Waals surface area contributed by atoms with Crippen molar-refractivity contribution < 1.29 is 27.6 Å². The second-order valence-electron chi connectivity index (χ2n) is 11.2. The second-order valence-corrected chi connectivity index (χ2v) is 11.2. The molecule has 1 fully saturated rings. The Labute approximate surface area is 219 Å². The Morgan fingerprint density at radius 2 is 1.68 bits per heavy atom. The van der Waals surface area contributed by atoms with Crippen LogP contribution in [0, 0.1) is 28.8 Å². The summed E-state index contributed by atoms with van der Waals surface area (Å²) in [5.41, 5.74) is 5.58. The highest BCUT2D eigenvalue weighted by atomic mass is 19.2. The summed E-state index contributed by atoms with van der Waals surface area (Å²) >= 11 is 0. The van der Waals surface area contributed by atoms with Crippen LogP contribution in [0.15, 0.2) is 12.1 Å². The Morgan fingerprint density at radius 3 is 2.29 bits per heavy atom. The number of benzene rings is 1. The van der Waals surface area contributed by atoms with Gasteiger partial charge in [-0.25, -0.2) is 18.0 Å². The van der Waals surface area contributed by atoms with E-state index in [9.17, 15) is 27.6 Å². The number of amides is 3. The van der Waals surface area contributed by atoms with Gasteiger partial charge in [0.1, 0.15) is 17.6 Å². The first kappa shape index (κ1) is 27.6. The minimum absolute atomic E-state index is 0.0465. The predicted molar refractivity (Wildman–Crippen MR) is 133 cm³/mol. The number of primary amides is 1. The molecular weight excluding hydrogens is 501 g/mol. The number of piperidine rings is 1. The van der Waals surface area contributed by atoms with E-state index >= 15 is 0 Å². The lowest BCUT2D eigenvalue weighted by Crippen LogP contribution is -2.57. The summed E-state index contributed by atoms with van der Waals surface area (Å²) in [5, 5.41) is 7.14. The van der Waals surface area contributed by atoms with Gasteiger partial charge in [-0.3, -0.25) is 9.59 Å². The maximum absolute atomic E-state index is 14.7. The third-order valence-electron chi connectivity index (χ3n) is 7.30. The monoisotopic (exact) mass is 534 g/mol. The quantitative estimate of drug-likeness (QED) is 0.586. The van der Waals surface area contributed by atoms with Crippen molar-refractivity contribution in [2.24, 2.45) is 17.1 Å². The summed E-state index contributed by atoms with van der Waals surface area (Å²) in [6, 6.07) is -0.408. The van der Waals surface area contributed by atoms with Gasteiger partial charge in [0.2, 0.25) is 11.8 Å². The first-order chi connectivity index (χ1) is 17.8.